The van der Waals surface area contributed by atoms with E-state index in [1.54, 1.807) is 24.3 Å². The Morgan fingerprint density at radius 3 is 2.12 bits per heavy atom. The number of para-hydroxylation sites is 2. The Hall–Kier alpha value is -4.34. The number of carbonyl (C=O) groups excluding carboxylic acids is 2. The third-order valence-corrected chi connectivity index (χ3v) is 5.77. The molecule has 43 heavy (non-hydrogen) atoms. The first-order valence-electron chi connectivity index (χ1n) is 12.6. The maximum Gasteiger partial charge on any atom is 0.493 e. The van der Waals surface area contributed by atoms with E-state index in [1.807, 2.05) is 11.4 Å². The van der Waals surface area contributed by atoms with Crippen molar-refractivity contribution >= 4 is 23.4 Å². The van der Waals surface area contributed by atoms with Crippen LogP contribution in [0.3, 0.4) is 0 Å². The fraction of sp³-hybridized carbons (Fsp3) is 0.286. The summed E-state index contributed by atoms with van der Waals surface area (Å²) in [4.78, 5) is 28.5. The average molecular weight is 616 g/mol. The number of ether oxygens (including phenoxy) is 1. The zero-order valence-electron chi connectivity index (χ0n) is 22.2. The third-order valence-electron chi connectivity index (χ3n) is 5.77. The molecule has 0 heterocycles. The van der Waals surface area contributed by atoms with Gasteiger partial charge in [-0.05, 0) is 48.4 Å². The molecule has 0 aromatic heterocycles. The number of anilines is 2. The van der Waals surface area contributed by atoms with Gasteiger partial charge in [-0.1, -0.05) is 42.5 Å². The fourth-order valence-electron chi connectivity index (χ4n) is 3.68. The lowest BCUT2D eigenvalue weighted by Crippen LogP contribution is -2.41. The van der Waals surface area contributed by atoms with Gasteiger partial charge < -0.3 is 30.4 Å². The zero-order valence-corrected chi connectivity index (χ0v) is 22.2. The lowest BCUT2D eigenvalue weighted by atomic mass is 10.1. The number of carbonyl (C=O) groups is 2. The van der Waals surface area contributed by atoms with Crippen LogP contribution in [0.1, 0.15) is 11.1 Å². The van der Waals surface area contributed by atoms with Gasteiger partial charge in [0.2, 0.25) is 0 Å². The molecule has 15 heteroatoms. The molecule has 3 rings (SSSR count). The molecule has 3 aromatic rings. The van der Waals surface area contributed by atoms with Gasteiger partial charge in [-0.3, -0.25) is 0 Å². The highest BCUT2D eigenvalue weighted by Gasteiger charge is 2.44. The molecular weight excluding hydrogens is 588 g/mol. The van der Waals surface area contributed by atoms with Gasteiger partial charge in [0.05, 0.1) is 23.5 Å². The highest BCUT2D eigenvalue weighted by molar-refractivity contribution is 6.02. The Balaban J connectivity index is 1.69. The number of nitrogens with one attached hydrogen (secondary N) is 2. The summed E-state index contributed by atoms with van der Waals surface area (Å²) in [6.45, 7) is -0.326. The first kappa shape index (κ1) is 33.2. The maximum atomic E-state index is 13.3. The Morgan fingerprint density at radius 2 is 1.51 bits per heavy atom. The van der Waals surface area contributed by atoms with E-state index in [-0.39, 0.29) is 31.2 Å². The minimum absolute atomic E-state index is 0.0220. The van der Waals surface area contributed by atoms with Crippen LogP contribution in [-0.4, -0.2) is 60.3 Å². The van der Waals surface area contributed by atoms with E-state index in [9.17, 15) is 46.1 Å². The fourth-order valence-corrected chi connectivity index (χ4v) is 3.68. The molecule has 0 aliphatic carbocycles. The first-order chi connectivity index (χ1) is 20.3. The smallest absolute Gasteiger partial charge is 0.491 e. The minimum atomic E-state index is -5.51. The van der Waals surface area contributed by atoms with Crippen molar-refractivity contribution in [1.29, 1.82) is 0 Å². The van der Waals surface area contributed by atoms with Crippen LogP contribution in [0.4, 0.5) is 42.5 Å². The number of hydrogen-bond donors (Lipinski definition) is 4. The number of rotatable bonds is 11. The number of amides is 2. The molecule has 9 nitrogen and oxygen atoms in total. The van der Waals surface area contributed by atoms with Crippen molar-refractivity contribution in [3.05, 3.63) is 90.0 Å². The number of aliphatic hydroxyl groups excluding tert-OH is 2. The molecule has 0 radical (unpaired) electrons. The zero-order chi connectivity index (χ0) is 31.6. The van der Waals surface area contributed by atoms with Gasteiger partial charge in [0.1, 0.15) is 18.5 Å². The van der Waals surface area contributed by atoms with Gasteiger partial charge in [-0.25, -0.2) is 9.59 Å². The van der Waals surface area contributed by atoms with Crippen molar-refractivity contribution in [2.75, 3.05) is 30.1 Å². The summed E-state index contributed by atoms with van der Waals surface area (Å²) in [5.74, 6) is -2.22. The molecule has 2 amide bonds. The van der Waals surface area contributed by atoms with E-state index >= 15 is 0 Å². The van der Waals surface area contributed by atoms with Crippen LogP contribution in [0.2, 0.25) is 0 Å². The Labute approximate surface area is 241 Å². The predicted octanol–water partition coefficient (Wildman–Crippen LogP) is 4.70. The Morgan fingerprint density at radius 1 is 0.884 bits per heavy atom. The van der Waals surface area contributed by atoms with Crippen molar-refractivity contribution in [3.63, 3.8) is 0 Å². The van der Waals surface area contributed by atoms with Crippen LogP contribution in [-0.2, 0) is 22.2 Å². The summed E-state index contributed by atoms with van der Waals surface area (Å²) in [7, 11) is 0. The molecule has 0 saturated heterocycles. The monoisotopic (exact) mass is 615 g/mol. The van der Waals surface area contributed by atoms with Crippen molar-refractivity contribution in [1.82, 2.24) is 5.32 Å². The second-order valence-corrected chi connectivity index (χ2v) is 9.08. The van der Waals surface area contributed by atoms with E-state index in [4.69, 9.17) is 4.74 Å². The summed E-state index contributed by atoms with van der Waals surface area (Å²) in [5, 5.41) is 24.6. The van der Waals surface area contributed by atoms with E-state index in [2.05, 4.69) is 10.2 Å². The number of urea groups is 1. The number of benzene rings is 3. The maximum absolute atomic E-state index is 13.3. The van der Waals surface area contributed by atoms with Gasteiger partial charge in [-0.2, -0.15) is 26.3 Å². The second-order valence-electron chi connectivity index (χ2n) is 9.08. The van der Waals surface area contributed by atoms with Crippen molar-refractivity contribution in [3.8, 4) is 5.75 Å². The van der Waals surface area contributed by atoms with Gasteiger partial charge >= 0.3 is 24.4 Å². The molecule has 0 unspecified atom stereocenters. The minimum Gasteiger partial charge on any atom is -0.491 e. The summed E-state index contributed by atoms with van der Waals surface area (Å²) >= 11 is 0. The molecule has 0 fully saturated rings. The molecule has 0 aliphatic rings. The third kappa shape index (κ3) is 10.2. The van der Waals surface area contributed by atoms with Crippen molar-refractivity contribution < 1.29 is 55.7 Å². The lowest BCUT2D eigenvalue weighted by molar-refractivity contribution is -0.199. The molecule has 4 N–H and O–H groups in total. The topological polar surface area (TPSA) is 120 Å². The van der Waals surface area contributed by atoms with Crippen molar-refractivity contribution in [2.45, 2.75) is 30.9 Å². The standard InChI is InChI=1S/C28H27F6N3O6/c29-27(30,31)23-8-4-5-9-24(23)36-26(41)37(43-25(40)28(32,33)34)20-12-10-18(11-13-20)14-19(16-38)35-15-21(39)17-42-22-6-2-1-3-7-22/h1-13,19,21,35,38-39H,14-17H2,(H,36,41)/t19-,21-/m0/s1. The second kappa shape index (κ2) is 14.7. The number of aliphatic hydroxyl groups is 2. The number of hydrogen-bond acceptors (Lipinski definition) is 7. The number of alkyl halides is 6. The summed E-state index contributed by atoms with van der Waals surface area (Å²) in [6.07, 6.45) is -11.2. The number of halogens is 6. The quantitative estimate of drug-likeness (QED) is 0.182. The SMILES string of the molecule is O=C(Nc1ccccc1C(F)(F)F)N(OC(=O)C(F)(F)F)c1ccc(C[C@@H](CO)NC[C@H](O)COc2ccccc2)cc1. The molecule has 232 valence electrons. The summed E-state index contributed by atoms with van der Waals surface area (Å²) in [6, 6.07) is 15.2. The van der Waals surface area contributed by atoms with Gasteiger partial charge in [0.25, 0.3) is 0 Å². The van der Waals surface area contributed by atoms with E-state index in [0.717, 1.165) is 30.3 Å². The average Bonchev–Trinajstić information content (AvgIpc) is 2.97. The van der Waals surface area contributed by atoms with Crippen LogP contribution >= 0.6 is 0 Å². The highest BCUT2D eigenvalue weighted by Crippen LogP contribution is 2.35. The molecule has 3 aromatic carbocycles. The predicted molar refractivity (Wildman–Crippen MR) is 142 cm³/mol. The normalized spacial score (nSPS) is 13.1. The largest absolute Gasteiger partial charge is 0.493 e. The Bertz CT molecular complexity index is 1340. The van der Waals surface area contributed by atoms with Crippen LogP contribution in [0.5, 0.6) is 5.75 Å². The van der Waals surface area contributed by atoms with E-state index in [1.165, 1.54) is 12.1 Å². The van der Waals surface area contributed by atoms with Gasteiger partial charge in [0.15, 0.2) is 0 Å². The van der Waals surface area contributed by atoms with E-state index < -0.39 is 53.4 Å². The summed E-state index contributed by atoms with van der Waals surface area (Å²) < 4.78 is 84.2. The molecule has 0 saturated carbocycles. The molecule has 2 atom stereocenters. The molecular formula is C28H27F6N3O6. The Kier molecular flexibility index (Phi) is 11.3. The summed E-state index contributed by atoms with van der Waals surface area (Å²) in [5.41, 5.74) is -1.96. The molecule has 0 bridgehead atoms. The highest BCUT2D eigenvalue weighted by atomic mass is 19.4. The van der Waals surface area contributed by atoms with Crippen LogP contribution in [0.15, 0.2) is 78.9 Å². The van der Waals surface area contributed by atoms with E-state index in [0.29, 0.717) is 17.4 Å². The van der Waals surface area contributed by atoms with Gasteiger partial charge in [0, 0.05) is 12.6 Å². The van der Waals surface area contributed by atoms with Crippen LogP contribution in [0.25, 0.3) is 0 Å². The van der Waals surface area contributed by atoms with Gasteiger partial charge in [-0.15, -0.1) is 5.06 Å². The van der Waals surface area contributed by atoms with Crippen LogP contribution < -0.4 is 20.4 Å². The lowest BCUT2D eigenvalue weighted by Gasteiger charge is -2.23. The molecule has 0 aliphatic heterocycles. The van der Waals surface area contributed by atoms with Crippen LogP contribution in [0, 0.1) is 0 Å². The molecule has 0 spiro atoms. The number of nitrogens with zero attached hydrogens (tertiary/aromatic N) is 1. The number of hydroxylamine groups is 1. The van der Waals surface area contributed by atoms with Crippen molar-refractivity contribution in [2.24, 2.45) is 0 Å². The first-order valence-corrected chi connectivity index (χ1v) is 12.6.